The van der Waals surface area contributed by atoms with Gasteiger partial charge in [-0.25, -0.2) is 0 Å². The van der Waals surface area contributed by atoms with Crippen LogP contribution in [-0.4, -0.2) is 25.6 Å². The molecular formula is C6H14PY+. The van der Waals surface area contributed by atoms with Crippen molar-refractivity contribution in [3.8, 4) is 0 Å². The van der Waals surface area contributed by atoms with Crippen LogP contribution in [0.25, 0.3) is 0 Å². The van der Waals surface area contributed by atoms with Gasteiger partial charge in [0.25, 0.3) is 0 Å². The molecule has 0 nitrogen and oxygen atoms in total. The van der Waals surface area contributed by atoms with Crippen molar-refractivity contribution in [2.24, 2.45) is 0 Å². The van der Waals surface area contributed by atoms with Gasteiger partial charge in [0, 0.05) is 60.0 Å². The minimum absolute atomic E-state index is 0. The SMILES string of the molecule is [2H]C1([P+](C)(C)C)CC1.[Y]. The Balaban J connectivity index is 0.000000640. The molecule has 0 bridgehead atoms. The van der Waals surface area contributed by atoms with Gasteiger partial charge in [-0.2, -0.15) is 0 Å². The van der Waals surface area contributed by atoms with Gasteiger partial charge in [0.05, 0.1) is 7.01 Å². The molecule has 0 spiro atoms. The molecule has 1 rings (SSSR count). The summed E-state index contributed by atoms with van der Waals surface area (Å²) in [6.07, 6.45) is 2.31. The van der Waals surface area contributed by atoms with Gasteiger partial charge in [-0.15, -0.1) is 0 Å². The summed E-state index contributed by atoms with van der Waals surface area (Å²) >= 11 is 0. The summed E-state index contributed by atoms with van der Waals surface area (Å²) in [4.78, 5) is 0. The average Bonchev–Trinajstić information content (AvgIpc) is 2.16. The molecule has 1 fully saturated rings. The van der Waals surface area contributed by atoms with Crippen molar-refractivity contribution < 1.29 is 34.1 Å². The Morgan fingerprint density at radius 3 is 1.75 bits per heavy atom. The van der Waals surface area contributed by atoms with Gasteiger partial charge in [-0.05, 0) is 12.8 Å². The second-order valence-electron chi connectivity index (χ2n) is 3.08. The molecule has 0 aromatic heterocycles. The molecule has 0 atom stereocenters. The van der Waals surface area contributed by atoms with Crippen LogP contribution >= 0.6 is 7.26 Å². The van der Waals surface area contributed by atoms with Crippen LogP contribution in [0.5, 0.6) is 0 Å². The average molecular weight is 207 g/mol. The molecule has 0 amide bonds. The summed E-state index contributed by atoms with van der Waals surface area (Å²) in [6, 6.07) is 0. The van der Waals surface area contributed by atoms with E-state index < -0.39 is 7.26 Å². The Kier molecular flexibility index (Phi) is 2.94. The monoisotopic (exact) mass is 207 g/mol. The van der Waals surface area contributed by atoms with Gasteiger partial charge in [0.2, 0.25) is 0 Å². The third kappa shape index (κ3) is 2.90. The fourth-order valence-electron chi connectivity index (χ4n) is 0.727. The number of hydrogen-bond acceptors (Lipinski definition) is 0. The molecule has 0 aliphatic heterocycles. The number of hydrogen-bond donors (Lipinski definition) is 0. The van der Waals surface area contributed by atoms with E-state index in [4.69, 9.17) is 1.37 Å². The van der Waals surface area contributed by atoms with Crippen LogP contribution in [0.2, 0.25) is 0 Å². The number of rotatable bonds is 1. The largest absolute Gasteiger partial charge is 0.0745 e. The predicted molar refractivity (Wildman–Crippen MR) is 37.7 cm³/mol. The van der Waals surface area contributed by atoms with Crippen LogP contribution in [0.15, 0.2) is 0 Å². The summed E-state index contributed by atoms with van der Waals surface area (Å²) in [5.41, 5.74) is 0.0486. The second kappa shape index (κ2) is 3.08. The molecule has 0 aromatic rings. The molecule has 1 aliphatic carbocycles. The van der Waals surface area contributed by atoms with Crippen molar-refractivity contribution in [2.45, 2.75) is 18.5 Å². The Bertz CT molecular complexity index is 101. The van der Waals surface area contributed by atoms with Crippen molar-refractivity contribution >= 4 is 7.26 Å². The Hall–Kier alpha value is 1.53. The van der Waals surface area contributed by atoms with Crippen LogP contribution in [0.4, 0.5) is 0 Å². The third-order valence-electron chi connectivity index (χ3n) is 1.42. The molecule has 1 saturated carbocycles. The zero-order valence-electron chi connectivity index (χ0n) is 6.94. The molecule has 1 radical (unpaired) electrons. The van der Waals surface area contributed by atoms with E-state index in [-0.39, 0.29) is 38.3 Å². The van der Waals surface area contributed by atoms with Gasteiger partial charge in [0.1, 0.15) is 0 Å². The van der Waals surface area contributed by atoms with Gasteiger partial charge >= 0.3 is 0 Å². The maximum atomic E-state index is 7.74. The van der Waals surface area contributed by atoms with E-state index in [1.165, 1.54) is 0 Å². The summed E-state index contributed by atoms with van der Waals surface area (Å²) < 4.78 is 7.74. The summed E-state index contributed by atoms with van der Waals surface area (Å²) in [7, 11) is -0.822. The first-order valence-corrected chi connectivity index (χ1v) is 5.90. The van der Waals surface area contributed by atoms with E-state index in [9.17, 15) is 0 Å². The van der Waals surface area contributed by atoms with Crippen LogP contribution < -0.4 is 0 Å². The first kappa shape index (κ1) is 7.64. The molecule has 0 aromatic carbocycles. The zero-order valence-corrected chi connectivity index (χ0v) is 9.67. The molecule has 0 N–H and O–H groups in total. The Labute approximate surface area is 79.4 Å². The molecule has 8 heavy (non-hydrogen) atoms. The van der Waals surface area contributed by atoms with Crippen LogP contribution in [-0.2, 0) is 32.7 Å². The summed E-state index contributed by atoms with van der Waals surface area (Å²) in [5, 5.41) is 0. The second-order valence-corrected chi connectivity index (χ2v) is 7.74. The predicted octanol–water partition coefficient (Wildman–Crippen LogP) is 2.05. The zero-order chi connectivity index (χ0) is 6.41. The fourth-order valence-corrected chi connectivity index (χ4v) is 2.18. The van der Waals surface area contributed by atoms with Crippen LogP contribution in [0.3, 0.4) is 0 Å². The van der Waals surface area contributed by atoms with Gasteiger partial charge < -0.3 is 0 Å². The van der Waals surface area contributed by atoms with E-state index in [1.54, 1.807) is 0 Å². The molecule has 2 heteroatoms. The van der Waals surface area contributed by atoms with Gasteiger partial charge in [-0.1, -0.05) is 0 Å². The minimum Gasteiger partial charge on any atom is -0.0127 e. The maximum absolute atomic E-state index is 7.74. The van der Waals surface area contributed by atoms with E-state index in [0.29, 0.717) is 0 Å². The molecule has 1 aliphatic rings. The van der Waals surface area contributed by atoms with E-state index in [0.717, 1.165) is 12.8 Å². The van der Waals surface area contributed by atoms with Crippen molar-refractivity contribution in [1.29, 1.82) is 0 Å². The maximum Gasteiger partial charge on any atom is 0.0745 e. The van der Waals surface area contributed by atoms with E-state index in [2.05, 4.69) is 20.0 Å². The molecular weight excluding hydrogens is 192 g/mol. The van der Waals surface area contributed by atoms with Crippen molar-refractivity contribution in [3.63, 3.8) is 0 Å². The molecule has 0 unspecified atom stereocenters. The molecule has 0 heterocycles. The standard InChI is InChI=1S/C6H14P.Y/c1-7(2,3)6-4-5-6;/h6H,4-5H2,1-3H3;/q+1;/i6D;. The quantitative estimate of drug-likeness (QED) is 0.577. The van der Waals surface area contributed by atoms with Gasteiger partial charge in [0.15, 0.2) is 0 Å². The van der Waals surface area contributed by atoms with Crippen molar-refractivity contribution in [1.82, 2.24) is 0 Å². The van der Waals surface area contributed by atoms with Crippen LogP contribution in [0.1, 0.15) is 14.2 Å². The van der Waals surface area contributed by atoms with Crippen molar-refractivity contribution in [3.05, 3.63) is 0 Å². The van der Waals surface area contributed by atoms with E-state index >= 15 is 0 Å². The smallest absolute Gasteiger partial charge is 0.0127 e. The summed E-state index contributed by atoms with van der Waals surface area (Å²) in [5.74, 6) is 0. The molecule has 45 valence electrons. The summed E-state index contributed by atoms with van der Waals surface area (Å²) in [6.45, 7) is 6.77. The Morgan fingerprint density at radius 1 is 1.38 bits per heavy atom. The third-order valence-corrected chi connectivity index (χ3v) is 3.77. The topological polar surface area (TPSA) is 0 Å². The minimum atomic E-state index is -0.822. The van der Waals surface area contributed by atoms with Gasteiger partial charge in [-0.3, -0.25) is 0 Å². The van der Waals surface area contributed by atoms with Crippen LogP contribution in [0, 0.1) is 0 Å². The van der Waals surface area contributed by atoms with Crippen molar-refractivity contribution in [2.75, 3.05) is 20.0 Å². The first-order chi connectivity index (χ1) is 3.46. The normalized spacial score (nSPS) is 25.6. The van der Waals surface area contributed by atoms with E-state index in [1.807, 2.05) is 0 Å². The fraction of sp³-hybridized carbons (Fsp3) is 1.00. The Morgan fingerprint density at radius 2 is 1.75 bits per heavy atom. The molecule has 0 saturated heterocycles. The first-order valence-electron chi connectivity index (χ1n) is 3.27.